The molecule has 0 aromatic rings. The molecule has 0 unspecified atom stereocenters. The van der Waals surface area contributed by atoms with Crippen molar-refractivity contribution in [2.75, 3.05) is 18.8 Å². The molecule has 6 atom stereocenters. The van der Waals surface area contributed by atoms with E-state index in [9.17, 15) is 32.4 Å². The zero-order valence-electron chi connectivity index (χ0n) is 30.8. The van der Waals surface area contributed by atoms with E-state index in [1.165, 1.54) is 6.08 Å². The number of nitrogens with zero attached hydrogens (tertiary/aromatic N) is 1. The Morgan fingerprint density at radius 3 is 2.12 bits per heavy atom. The summed E-state index contributed by atoms with van der Waals surface area (Å²) in [4.78, 5) is 70.9. The van der Waals surface area contributed by atoms with Crippen LogP contribution in [0.3, 0.4) is 0 Å². The zero-order valence-corrected chi connectivity index (χ0v) is 31.6. The number of hydrogen-bond acceptors (Lipinski definition) is 7. The quantitative estimate of drug-likeness (QED) is 0.166. The van der Waals surface area contributed by atoms with Crippen LogP contribution in [-0.2, 0) is 29.0 Å². The molecule has 284 valence electrons. The van der Waals surface area contributed by atoms with Gasteiger partial charge in [0.05, 0.1) is 22.6 Å². The number of urea groups is 1. The average molecular weight is 730 g/mol. The Labute approximate surface area is 303 Å². The highest BCUT2D eigenvalue weighted by atomic mass is 32.2. The Hall–Kier alpha value is -2.96. The van der Waals surface area contributed by atoms with Gasteiger partial charge in [0.1, 0.15) is 12.1 Å². The van der Waals surface area contributed by atoms with E-state index in [0.717, 1.165) is 64.2 Å². The predicted octanol–water partition coefficient (Wildman–Crippen LogP) is 3.54. The summed E-state index contributed by atoms with van der Waals surface area (Å²) in [5.41, 5.74) is -1.63. The van der Waals surface area contributed by atoms with E-state index in [4.69, 9.17) is 0 Å². The number of sulfone groups is 1. The van der Waals surface area contributed by atoms with Crippen LogP contribution in [0.1, 0.15) is 117 Å². The van der Waals surface area contributed by atoms with E-state index in [1.807, 2.05) is 6.92 Å². The summed E-state index contributed by atoms with van der Waals surface area (Å²) in [6, 6.07) is -3.31. The molecule has 4 aliphatic carbocycles. The molecule has 0 bridgehead atoms. The van der Waals surface area contributed by atoms with Crippen LogP contribution in [0.25, 0.3) is 0 Å². The second kappa shape index (κ2) is 14.5. The van der Waals surface area contributed by atoms with Gasteiger partial charge in [0.25, 0.3) is 5.91 Å². The van der Waals surface area contributed by atoms with E-state index in [0.29, 0.717) is 38.6 Å². The highest BCUT2D eigenvalue weighted by Crippen LogP contribution is 2.65. The lowest BCUT2D eigenvalue weighted by Gasteiger charge is -2.45. The second-order valence-corrected chi connectivity index (χ2v) is 19.8. The third-order valence-electron chi connectivity index (χ3n) is 13.6. The van der Waals surface area contributed by atoms with Gasteiger partial charge in [-0.1, -0.05) is 78.2 Å². The first kappa shape index (κ1) is 37.8. The maximum absolute atomic E-state index is 14.9. The average Bonchev–Trinajstić information content (AvgIpc) is 3.87. The molecule has 4 saturated carbocycles. The third-order valence-corrected chi connectivity index (χ3v) is 16.0. The third kappa shape index (κ3) is 7.60. The number of rotatable bonds is 13. The molecule has 0 spiro atoms. The first-order valence-corrected chi connectivity index (χ1v) is 21.2. The van der Waals surface area contributed by atoms with E-state index >= 15 is 0 Å². The molecule has 5 amide bonds. The number of fused-ring (bicyclic) bond motifs is 1. The van der Waals surface area contributed by atoms with Crippen molar-refractivity contribution < 1.29 is 32.4 Å². The maximum Gasteiger partial charge on any atom is 0.315 e. The van der Waals surface area contributed by atoms with Crippen molar-refractivity contribution in [1.82, 2.24) is 26.2 Å². The minimum absolute atomic E-state index is 0.0809. The van der Waals surface area contributed by atoms with Crippen LogP contribution in [0.2, 0.25) is 0 Å². The summed E-state index contributed by atoms with van der Waals surface area (Å²) in [6.07, 6.45) is 12.9. The van der Waals surface area contributed by atoms with Gasteiger partial charge in [0.2, 0.25) is 17.6 Å². The van der Waals surface area contributed by atoms with Gasteiger partial charge in [0.15, 0.2) is 9.84 Å². The van der Waals surface area contributed by atoms with Crippen LogP contribution in [0, 0.1) is 28.6 Å². The predicted molar refractivity (Wildman–Crippen MR) is 193 cm³/mol. The lowest BCUT2D eigenvalue weighted by atomic mass is 9.70. The molecule has 4 N–H and O–H groups in total. The van der Waals surface area contributed by atoms with Gasteiger partial charge in [-0.3, -0.25) is 19.2 Å². The van der Waals surface area contributed by atoms with Crippen molar-refractivity contribution in [3.05, 3.63) is 12.7 Å². The molecule has 51 heavy (non-hydrogen) atoms. The fraction of sp³-hybridized carbons (Fsp3) is 0.816. The molecule has 6 rings (SSSR count). The molecule has 0 aromatic carbocycles. The molecule has 6 fully saturated rings. The number of Topliss-reactive ketones (excluding diaryl/α,β-unsaturated/α-hetero) is 1. The summed E-state index contributed by atoms with van der Waals surface area (Å²) < 4.78 is 26.4. The Bertz CT molecular complexity index is 1510. The van der Waals surface area contributed by atoms with E-state index in [1.54, 1.807) is 4.90 Å². The van der Waals surface area contributed by atoms with Crippen LogP contribution in [0.15, 0.2) is 12.7 Å². The fourth-order valence-corrected chi connectivity index (χ4v) is 12.6. The summed E-state index contributed by atoms with van der Waals surface area (Å²) in [6.45, 7) is 10.3. The summed E-state index contributed by atoms with van der Waals surface area (Å²) in [5, 5.41) is 11.0. The lowest BCUT2D eigenvalue weighted by molar-refractivity contribution is -0.146. The first-order valence-electron chi connectivity index (χ1n) is 19.5. The Morgan fingerprint density at radius 1 is 0.882 bits per heavy atom. The second-order valence-electron chi connectivity index (χ2n) is 17.5. The van der Waals surface area contributed by atoms with Gasteiger partial charge in [-0.15, -0.1) is 6.58 Å². The molecule has 6 aliphatic rings. The van der Waals surface area contributed by atoms with Crippen LogP contribution in [0.5, 0.6) is 0 Å². The minimum Gasteiger partial charge on any atom is -0.346 e. The van der Waals surface area contributed by atoms with Crippen molar-refractivity contribution in [1.29, 1.82) is 0 Å². The summed E-state index contributed by atoms with van der Waals surface area (Å²) in [7, 11) is -3.36. The van der Waals surface area contributed by atoms with Gasteiger partial charge in [-0.25, -0.2) is 13.2 Å². The van der Waals surface area contributed by atoms with Gasteiger partial charge >= 0.3 is 6.03 Å². The highest BCUT2D eigenvalue weighted by Gasteiger charge is 2.70. The Morgan fingerprint density at radius 2 is 1.53 bits per heavy atom. The monoisotopic (exact) mass is 729 g/mol. The number of carbonyl (C=O) groups is 5. The van der Waals surface area contributed by atoms with Gasteiger partial charge < -0.3 is 26.2 Å². The minimum atomic E-state index is -3.36. The fourth-order valence-electron chi connectivity index (χ4n) is 10.3. The van der Waals surface area contributed by atoms with Crippen molar-refractivity contribution in [2.45, 2.75) is 146 Å². The Kier molecular flexibility index (Phi) is 10.7. The van der Waals surface area contributed by atoms with Crippen LogP contribution < -0.4 is 21.3 Å². The van der Waals surface area contributed by atoms with Gasteiger partial charge in [-0.2, -0.15) is 0 Å². The zero-order chi connectivity index (χ0) is 36.8. The normalized spacial score (nSPS) is 30.9. The van der Waals surface area contributed by atoms with Crippen molar-refractivity contribution in [3.8, 4) is 0 Å². The molecule has 12 nitrogen and oxygen atoms in total. The summed E-state index contributed by atoms with van der Waals surface area (Å²) in [5.74, 6) is -1.90. The standard InChI is InChI=1S/C38H59N5O7S/c1-5-20-39-33(46)30(44)26(22-24-14-15-24)40-32(45)29-28-25(36(28,2)3)23-43(29)34(47)31(37(4)16-8-6-9-17-37)41-35(48)42-38(18-10-7-11-19-38)27-13-12-21-51(27,49)50/h5,24-29,31H,1,6-23H2,2-4H3,(H,39,46)(H,40,45)(H2,41,42,48)/t25-,26-,27+,28-,29-,31+/m0/s1. The SMILES string of the molecule is C=CCNC(=O)C(=O)[C@H](CC1CC1)NC(=O)[C@@H]1[C@@H]2[C@H](CN1C(=O)[C@@H](NC(=O)NC1([C@H]3CCCS3(=O)=O)CCCCC1)C1(C)CCCCC1)C2(C)C. The number of nitrogens with one attached hydrogen (secondary N) is 4. The number of carbonyl (C=O) groups excluding carboxylic acids is 5. The largest absolute Gasteiger partial charge is 0.346 e. The molecule has 2 aliphatic heterocycles. The van der Waals surface area contributed by atoms with E-state index < -0.39 is 67.8 Å². The number of amides is 5. The van der Waals surface area contributed by atoms with Crippen molar-refractivity contribution >= 4 is 39.4 Å². The van der Waals surface area contributed by atoms with Crippen LogP contribution in [0.4, 0.5) is 4.79 Å². The van der Waals surface area contributed by atoms with Crippen LogP contribution >= 0.6 is 0 Å². The summed E-state index contributed by atoms with van der Waals surface area (Å²) >= 11 is 0. The molecule has 0 aromatic heterocycles. The van der Waals surface area contributed by atoms with Gasteiger partial charge in [-0.05, 0) is 73.5 Å². The smallest absolute Gasteiger partial charge is 0.315 e. The number of hydrogen-bond donors (Lipinski definition) is 4. The molecular weight excluding hydrogens is 671 g/mol. The molecule has 2 heterocycles. The molecule has 13 heteroatoms. The Balaban J connectivity index is 1.25. The molecular formula is C38H59N5O7S. The van der Waals surface area contributed by atoms with E-state index in [2.05, 4.69) is 41.7 Å². The maximum atomic E-state index is 14.9. The number of likely N-dealkylation sites (tertiary alicyclic amines) is 1. The molecule has 2 saturated heterocycles. The van der Waals surface area contributed by atoms with Crippen LogP contribution in [-0.4, -0.2) is 90.6 Å². The van der Waals surface area contributed by atoms with Crippen molar-refractivity contribution in [3.63, 3.8) is 0 Å². The number of ketones is 1. The van der Waals surface area contributed by atoms with Crippen molar-refractivity contribution in [2.24, 2.45) is 28.6 Å². The first-order chi connectivity index (χ1) is 24.1. The van der Waals surface area contributed by atoms with Gasteiger partial charge in [0, 0.05) is 13.1 Å². The lowest BCUT2D eigenvalue weighted by Crippen LogP contribution is -2.66. The molecule has 0 radical (unpaired) electrons. The number of piperidine rings is 1. The highest BCUT2D eigenvalue weighted by molar-refractivity contribution is 7.92. The van der Waals surface area contributed by atoms with E-state index in [-0.39, 0.29) is 41.4 Å². The topological polar surface area (TPSA) is 171 Å².